The van der Waals surface area contributed by atoms with Crippen LogP contribution in [0.2, 0.25) is 0 Å². The maximum absolute atomic E-state index is 6.09. The summed E-state index contributed by atoms with van der Waals surface area (Å²) in [4.78, 5) is 6.91. The highest BCUT2D eigenvalue weighted by molar-refractivity contribution is 5.79. The summed E-state index contributed by atoms with van der Waals surface area (Å²) in [5.41, 5.74) is 0.171. The Bertz CT molecular complexity index is 450. The SMILES string of the molecule is CN=C(NCC1CCCOC1C(C)(C)C)NCC(C)N1CCOCC1C. The van der Waals surface area contributed by atoms with Gasteiger partial charge in [-0.15, -0.1) is 0 Å². The number of morpholine rings is 1. The van der Waals surface area contributed by atoms with Crippen LogP contribution in [0.4, 0.5) is 0 Å². The van der Waals surface area contributed by atoms with E-state index in [2.05, 4.69) is 55.1 Å². The van der Waals surface area contributed by atoms with Gasteiger partial charge in [0.2, 0.25) is 0 Å². The molecule has 2 aliphatic rings. The van der Waals surface area contributed by atoms with E-state index in [1.165, 1.54) is 6.42 Å². The monoisotopic (exact) mass is 368 g/mol. The predicted octanol–water partition coefficient (Wildman–Crippen LogP) is 2.10. The third kappa shape index (κ3) is 6.10. The lowest BCUT2D eigenvalue weighted by Crippen LogP contribution is -2.53. The molecule has 6 nitrogen and oxygen atoms in total. The van der Waals surface area contributed by atoms with E-state index >= 15 is 0 Å². The molecule has 2 heterocycles. The average molecular weight is 369 g/mol. The Morgan fingerprint density at radius 1 is 1.27 bits per heavy atom. The summed E-state index contributed by atoms with van der Waals surface area (Å²) in [5.74, 6) is 1.41. The third-order valence-corrected chi connectivity index (χ3v) is 5.60. The van der Waals surface area contributed by atoms with Crippen LogP contribution in [0.5, 0.6) is 0 Å². The molecule has 0 saturated carbocycles. The molecule has 0 bridgehead atoms. The van der Waals surface area contributed by atoms with Crippen LogP contribution in [-0.2, 0) is 9.47 Å². The Labute approximate surface area is 160 Å². The van der Waals surface area contributed by atoms with E-state index in [0.29, 0.717) is 24.1 Å². The smallest absolute Gasteiger partial charge is 0.191 e. The molecule has 2 saturated heterocycles. The first kappa shape index (κ1) is 21.5. The van der Waals surface area contributed by atoms with Crippen LogP contribution in [0, 0.1) is 11.3 Å². The quantitative estimate of drug-likeness (QED) is 0.575. The van der Waals surface area contributed by atoms with Crippen molar-refractivity contribution < 1.29 is 9.47 Å². The Kier molecular flexibility index (Phi) is 8.17. The third-order valence-electron chi connectivity index (χ3n) is 5.60. The van der Waals surface area contributed by atoms with Crippen LogP contribution < -0.4 is 10.6 Å². The van der Waals surface area contributed by atoms with Crippen LogP contribution in [0.1, 0.15) is 47.5 Å². The molecule has 0 spiro atoms. The second-order valence-corrected chi connectivity index (χ2v) is 8.90. The van der Waals surface area contributed by atoms with Gasteiger partial charge in [-0.1, -0.05) is 20.8 Å². The zero-order chi connectivity index (χ0) is 19.2. The molecule has 0 aromatic heterocycles. The van der Waals surface area contributed by atoms with Crippen molar-refractivity contribution in [1.82, 2.24) is 15.5 Å². The predicted molar refractivity (Wildman–Crippen MR) is 108 cm³/mol. The molecule has 4 unspecified atom stereocenters. The van der Waals surface area contributed by atoms with Crippen molar-refractivity contribution in [3.63, 3.8) is 0 Å². The zero-order valence-corrected chi connectivity index (χ0v) is 17.7. The minimum absolute atomic E-state index is 0.171. The van der Waals surface area contributed by atoms with Gasteiger partial charge in [-0.3, -0.25) is 9.89 Å². The normalized spacial score (nSPS) is 30.1. The Balaban J connectivity index is 1.80. The molecule has 152 valence electrons. The number of aliphatic imine (C=N–C) groups is 1. The van der Waals surface area contributed by atoms with E-state index in [-0.39, 0.29) is 5.41 Å². The highest BCUT2D eigenvalue weighted by Crippen LogP contribution is 2.33. The van der Waals surface area contributed by atoms with E-state index in [9.17, 15) is 0 Å². The molecule has 0 amide bonds. The maximum Gasteiger partial charge on any atom is 0.191 e. The lowest BCUT2D eigenvalue weighted by atomic mass is 9.78. The summed E-state index contributed by atoms with van der Waals surface area (Å²) in [6, 6.07) is 0.926. The maximum atomic E-state index is 6.09. The number of ether oxygens (including phenoxy) is 2. The molecule has 4 atom stereocenters. The molecule has 26 heavy (non-hydrogen) atoms. The molecule has 2 rings (SSSR count). The van der Waals surface area contributed by atoms with E-state index in [0.717, 1.165) is 51.8 Å². The molecule has 0 aliphatic carbocycles. The number of rotatable bonds is 5. The molecule has 0 radical (unpaired) electrons. The van der Waals surface area contributed by atoms with Crippen molar-refractivity contribution in [2.45, 2.75) is 65.6 Å². The minimum Gasteiger partial charge on any atom is -0.379 e. The second-order valence-electron chi connectivity index (χ2n) is 8.90. The summed E-state index contributed by atoms with van der Waals surface area (Å²) in [7, 11) is 1.84. The lowest BCUT2D eigenvalue weighted by Gasteiger charge is -2.40. The summed E-state index contributed by atoms with van der Waals surface area (Å²) < 4.78 is 11.6. The first-order chi connectivity index (χ1) is 12.3. The molecule has 2 N–H and O–H groups in total. The van der Waals surface area contributed by atoms with Gasteiger partial charge in [-0.2, -0.15) is 0 Å². The standard InChI is InChI=1S/C20H40N4O2/c1-15(24-9-11-25-14-16(24)2)12-22-19(21-6)23-13-17-8-7-10-26-18(17)20(3,4)5/h15-18H,7-14H2,1-6H3,(H2,21,22,23). The van der Waals surface area contributed by atoms with Crippen molar-refractivity contribution in [2.24, 2.45) is 16.3 Å². The van der Waals surface area contributed by atoms with Crippen LogP contribution in [0.3, 0.4) is 0 Å². The summed E-state index contributed by atoms with van der Waals surface area (Å²) in [5, 5.41) is 7.02. The molecular weight excluding hydrogens is 328 g/mol. The van der Waals surface area contributed by atoms with Gasteiger partial charge in [0.15, 0.2) is 5.96 Å². The van der Waals surface area contributed by atoms with E-state index in [1.54, 1.807) is 0 Å². The fourth-order valence-electron chi connectivity index (χ4n) is 4.21. The molecule has 0 aromatic carbocycles. The second kappa shape index (κ2) is 9.90. The van der Waals surface area contributed by atoms with Crippen molar-refractivity contribution in [1.29, 1.82) is 0 Å². The van der Waals surface area contributed by atoms with Crippen LogP contribution in [0.25, 0.3) is 0 Å². The summed E-state index contributed by atoms with van der Waals surface area (Å²) in [6.45, 7) is 16.7. The Morgan fingerprint density at radius 3 is 2.69 bits per heavy atom. The highest BCUT2D eigenvalue weighted by atomic mass is 16.5. The van der Waals surface area contributed by atoms with Gasteiger partial charge in [-0.05, 0) is 32.1 Å². The lowest BCUT2D eigenvalue weighted by molar-refractivity contribution is -0.0835. The number of hydrogen-bond donors (Lipinski definition) is 2. The Morgan fingerprint density at radius 2 is 2.04 bits per heavy atom. The fourth-order valence-corrected chi connectivity index (χ4v) is 4.21. The van der Waals surface area contributed by atoms with Gasteiger partial charge in [0, 0.05) is 51.3 Å². The van der Waals surface area contributed by atoms with E-state index in [4.69, 9.17) is 9.47 Å². The largest absolute Gasteiger partial charge is 0.379 e. The van der Waals surface area contributed by atoms with Gasteiger partial charge < -0.3 is 20.1 Å². The molecule has 6 heteroatoms. The molecule has 2 fully saturated rings. The average Bonchev–Trinajstić information content (AvgIpc) is 2.61. The number of guanidine groups is 1. The van der Waals surface area contributed by atoms with E-state index < -0.39 is 0 Å². The van der Waals surface area contributed by atoms with Gasteiger partial charge in [0.05, 0.1) is 19.3 Å². The number of nitrogens with one attached hydrogen (secondary N) is 2. The fraction of sp³-hybridized carbons (Fsp3) is 0.950. The first-order valence-electron chi connectivity index (χ1n) is 10.2. The van der Waals surface area contributed by atoms with Gasteiger partial charge in [-0.25, -0.2) is 0 Å². The van der Waals surface area contributed by atoms with Crippen LogP contribution in [-0.4, -0.2) is 75.5 Å². The van der Waals surface area contributed by atoms with Gasteiger partial charge in [0.25, 0.3) is 0 Å². The topological polar surface area (TPSA) is 58.1 Å². The highest BCUT2D eigenvalue weighted by Gasteiger charge is 2.35. The molecule has 0 aromatic rings. The van der Waals surface area contributed by atoms with Crippen molar-refractivity contribution in [2.75, 3.05) is 46.5 Å². The van der Waals surface area contributed by atoms with Crippen LogP contribution >= 0.6 is 0 Å². The zero-order valence-electron chi connectivity index (χ0n) is 17.7. The van der Waals surface area contributed by atoms with E-state index in [1.807, 2.05) is 7.05 Å². The van der Waals surface area contributed by atoms with Crippen molar-refractivity contribution >= 4 is 5.96 Å². The Hall–Kier alpha value is -0.850. The molecule has 2 aliphatic heterocycles. The van der Waals surface area contributed by atoms with Crippen molar-refractivity contribution in [3.05, 3.63) is 0 Å². The van der Waals surface area contributed by atoms with Gasteiger partial charge in [0.1, 0.15) is 0 Å². The minimum atomic E-state index is 0.171. The number of nitrogens with zero attached hydrogens (tertiary/aromatic N) is 2. The molecular formula is C20H40N4O2. The van der Waals surface area contributed by atoms with Crippen molar-refractivity contribution in [3.8, 4) is 0 Å². The van der Waals surface area contributed by atoms with Crippen LogP contribution in [0.15, 0.2) is 4.99 Å². The summed E-state index contributed by atoms with van der Waals surface area (Å²) in [6.07, 6.45) is 2.67. The number of hydrogen-bond acceptors (Lipinski definition) is 4. The van der Waals surface area contributed by atoms with Gasteiger partial charge >= 0.3 is 0 Å². The summed E-state index contributed by atoms with van der Waals surface area (Å²) >= 11 is 0. The first-order valence-corrected chi connectivity index (χ1v) is 10.2.